The van der Waals surface area contributed by atoms with Crippen LogP contribution in [-0.4, -0.2) is 33.7 Å². The number of β-amino-alcohol motifs (C(OH)–C–C–N with tert-alkyl or cyclic N) is 1. The van der Waals surface area contributed by atoms with Gasteiger partial charge in [-0.05, 0) is 24.1 Å². The number of likely N-dealkylation sites (tertiary alicyclic amines) is 1. The van der Waals surface area contributed by atoms with Crippen LogP contribution in [0, 0.1) is 0 Å². The average Bonchev–Trinajstić information content (AvgIpc) is 3.16. The molecule has 1 fully saturated rings. The number of hydrogen-bond acceptors (Lipinski definition) is 4. The minimum Gasteiger partial charge on any atom is -0.391 e. The molecule has 0 bridgehead atoms. The highest BCUT2D eigenvalue weighted by molar-refractivity contribution is 5.79. The van der Waals surface area contributed by atoms with Crippen molar-refractivity contribution >= 4 is 5.91 Å². The molecule has 1 aliphatic heterocycles. The summed E-state index contributed by atoms with van der Waals surface area (Å²) in [6.45, 7) is 0.141. The van der Waals surface area contributed by atoms with Crippen molar-refractivity contribution in [3.63, 3.8) is 0 Å². The molecule has 2 heterocycles. The standard InChI is InChI=1S/C16H15F3N2O3/c17-16(18,19)11-3-1-10(2-4-11)14-8-13(22)9-21(14)15(23)7-12-5-6-24-20-12/h1-6,13-14,22H,7-9H2/t13-,14-/m0/s1. The van der Waals surface area contributed by atoms with Gasteiger partial charge in [0.1, 0.15) is 6.26 Å². The van der Waals surface area contributed by atoms with Crippen molar-refractivity contribution in [2.24, 2.45) is 0 Å². The largest absolute Gasteiger partial charge is 0.416 e. The summed E-state index contributed by atoms with van der Waals surface area (Å²) in [5, 5.41) is 13.6. The first-order valence-electron chi connectivity index (χ1n) is 7.38. The van der Waals surface area contributed by atoms with Gasteiger partial charge < -0.3 is 14.5 Å². The Morgan fingerprint density at radius 1 is 1.29 bits per heavy atom. The topological polar surface area (TPSA) is 66.6 Å². The molecule has 5 nitrogen and oxygen atoms in total. The van der Waals surface area contributed by atoms with Gasteiger partial charge in [-0.15, -0.1) is 0 Å². The fourth-order valence-corrected chi connectivity index (χ4v) is 2.88. The minimum atomic E-state index is -4.41. The van der Waals surface area contributed by atoms with Crippen molar-refractivity contribution in [1.82, 2.24) is 10.1 Å². The van der Waals surface area contributed by atoms with E-state index in [1.807, 2.05) is 0 Å². The molecule has 0 spiro atoms. The van der Waals surface area contributed by atoms with Crippen molar-refractivity contribution in [3.8, 4) is 0 Å². The van der Waals surface area contributed by atoms with Crippen molar-refractivity contribution < 1.29 is 27.6 Å². The highest BCUT2D eigenvalue weighted by Crippen LogP contribution is 2.35. The van der Waals surface area contributed by atoms with Crippen molar-refractivity contribution in [1.29, 1.82) is 0 Å². The SMILES string of the molecule is O=C(Cc1ccon1)N1C[C@@H](O)C[C@H]1c1ccc(C(F)(F)F)cc1. The molecule has 1 saturated heterocycles. The number of aliphatic hydroxyl groups excluding tert-OH is 1. The molecule has 8 heteroatoms. The first-order chi connectivity index (χ1) is 11.3. The van der Waals surface area contributed by atoms with Crippen LogP contribution in [-0.2, 0) is 17.4 Å². The number of benzene rings is 1. The summed E-state index contributed by atoms with van der Waals surface area (Å²) in [4.78, 5) is 13.9. The number of carbonyl (C=O) groups is 1. The maximum Gasteiger partial charge on any atom is 0.416 e. The molecule has 24 heavy (non-hydrogen) atoms. The molecule has 1 aliphatic rings. The third kappa shape index (κ3) is 3.43. The number of halogens is 3. The third-order valence-corrected chi connectivity index (χ3v) is 4.05. The van der Waals surface area contributed by atoms with E-state index in [0.717, 1.165) is 12.1 Å². The van der Waals surface area contributed by atoms with E-state index in [2.05, 4.69) is 9.68 Å². The predicted octanol–water partition coefficient (Wildman–Crippen LogP) is 2.57. The molecule has 0 unspecified atom stereocenters. The van der Waals surface area contributed by atoms with E-state index in [0.29, 0.717) is 11.3 Å². The monoisotopic (exact) mass is 340 g/mol. The minimum absolute atomic E-state index is 0.0142. The van der Waals surface area contributed by atoms with Crippen LogP contribution in [0.25, 0.3) is 0 Å². The van der Waals surface area contributed by atoms with Crippen molar-refractivity contribution in [3.05, 3.63) is 53.4 Å². The molecule has 3 rings (SSSR count). The number of alkyl halides is 3. The van der Waals surface area contributed by atoms with E-state index in [4.69, 9.17) is 0 Å². The Hall–Kier alpha value is -2.35. The summed E-state index contributed by atoms with van der Waals surface area (Å²) >= 11 is 0. The van der Waals surface area contributed by atoms with Gasteiger partial charge in [0.15, 0.2) is 0 Å². The zero-order chi connectivity index (χ0) is 17.3. The van der Waals surface area contributed by atoms with E-state index < -0.39 is 23.9 Å². The highest BCUT2D eigenvalue weighted by atomic mass is 19.4. The van der Waals surface area contributed by atoms with Gasteiger partial charge in [-0.1, -0.05) is 17.3 Å². The van der Waals surface area contributed by atoms with Gasteiger partial charge in [0.05, 0.1) is 29.8 Å². The highest BCUT2D eigenvalue weighted by Gasteiger charge is 2.36. The Labute approximate surface area is 135 Å². The molecule has 1 amide bonds. The molecule has 2 aromatic rings. The Balaban J connectivity index is 1.78. The molecular formula is C16H15F3N2O3. The number of aromatic nitrogens is 1. The van der Waals surface area contributed by atoms with Crippen LogP contribution in [0.5, 0.6) is 0 Å². The first-order valence-corrected chi connectivity index (χ1v) is 7.38. The maximum absolute atomic E-state index is 12.7. The van der Waals surface area contributed by atoms with Crippen LogP contribution < -0.4 is 0 Å². The number of carbonyl (C=O) groups excluding carboxylic acids is 1. The number of hydrogen-bond donors (Lipinski definition) is 1. The van der Waals surface area contributed by atoms with Crippen LogP contribution in [0.3, 0.4) is 0 Å². The summed E-state index contributed by atoms with van der Waals surface area (Å²) in [5.74, 6) is -0.259. The Kier molecular flexibility index (Phi) is 4.31. The summed E-state index contributed by atoms with van der Waals surface area (Å²) in [7, 11) is 0. The van der Waals surface area contributed by atoms with Gasteiger partial charge in [0, 0.05) is 12.6 Å². The number of aliphatic hydroxyl groups is 1. The first kappa shape index (κ1) is 16.5. The second-order valence-corrected chi connectivity index (χ2v) is 5.74. The van der Waals surface area contributed by atoms with Crippen LogP contribution in [0.1, 0.15) is 29.3 Å². The summed E-state index contributed by atoms with van der Waals surface area (Å²) in [5.41, 5.74) is 0.283. The summed E-state index contributed by atoms with van der Waals surface area (Å²) in [6, 6.07) is 5.78. The second kappa shape index (κ2) is 6.27. The Bertz CT molecular complexity index is 698. The molecule has 128 valence electrons. The van der Waals surface area contributed by atoms with E-state index >= 15 is 0 Å². The predicted molar refractivity (Wildman–Crippen MR) is 76.7 cm³/mol. The Morgan fingerprint density at radius 3 is 2.58 bits per heavy atom. The van der Waals surface area contributed by atoms with Gasteiger partial charge in [-0.3, -0.25) is 4.79 Å². The lowest BCUT2D eigenvalue weighted by molar-refractivity contribution is -0.137. The van der Waals surface area contributed by atoms with Gasteiger partial charge in [-0.25, -0.2) is 0 Å². The van der Waals surface area contributed by atoms with E-state index in [9.17, 15) is 23.1 Å². The molecule has 2 atom stereocenters. The van der Waals surface area contributed by atoms with Gasteiger partial charge >= 0.3 is 6.18 Å². The van der Waals surface area contributed by atoms with Gasteiger partial charge in [0.2, 0.25) is 5.91 Å². The average molecular weight is 340 g/mol. The molecule has 0 saturated carbocycles. The quantitative estimate of drug-likeness (QED) is 0.933. The zero-order valence-electron chi connectivity index (χ0n) is 12.5. The summed E-state index contributed by atoms with van der Waals surface area (Å²) < 4.78 is 42.6. The lowest BCUT2D eigenvalue weighted by Crippen LogP contribution is -2.33. The molecular weight excluding hydrogens is 325 g/mol. The Morgan fingerprint density at radius 2 is 2.00 bits per heavy atom. The fourth-order valence-electron chi connectivity index (χ4n) is 2.88. The zero-order valence-corrected chi connectivity index (χ0v) is 12.5. The molecule has 1 N–H and O–H groups in total. The lowest BCUT2D eigenvalue weighted by Gasteiger charge is -2.24. The second-order valence-electron chi connectivity index (χ2n) is 5.74. The van der Waals surface area contributed by atoms with E-state index in [1.165, 1.54) is 23.3 Å². The number of amides is 1. The molecule has 1 aromatic heterocycles. The van der Waals surface area contributed by atoms with Gasteiger partial charge in [0.25, 0.3) is 0 Å². The van der Waals surface area contributed by atoms with Gasteiger partial charge in [-0.2, -0.15) is 13.2 Å². The maximum atomic E-state index is 12.7. The number of nitrogens with zero attached hydrogens (tertiary/aromatic N) is 2. The smallest absolute Gasteiger partial charge is 0.391 e. The van der Waals surface area contributed by atoms with Crippen LogP contribution in [0.15, 0.2) is 41.1 Å². The van der Waals surface area contributed by atoms with Crippen LogP contribution >= 0.6 is 0 Å². The van der Waals surface area contributed by atoms with E-state index in [1.54, 1.807) is 6.07 Å². The number of rotatable bonds is 3. The van der Waals surface area contributed by atoms with Crippen molar-refractivity contribution in [2.45, 2.75) is 31.2 Å². The molecule has 1 aromatic carbocycles. The summed E-state index contributed by atoms with van der Waals surface area (Å²) in [6.07, 6.45) is -3.46. The van der Waals surface area contributed by atoms with Crippen LogP contribution in [0.4, 0.5) is 13.2 Å². The van der Waals surface area contributed by atoms with E-state index in [-0.39, 0.29) is 25.3 Å². The van der Waals surface area contributed by atoms with Crippen LogP contribution in [0.2, 0.25) is 0 Å². The normalized spacial score (nSPS) is 21.2. The lowest BCUT2D eigenvalue weighted by atomic mass is 10.0. The van der Waals surface area contributed by atoms with Crippen molar-refractivity contribution in [2.75, 3.05) is 6.54 Å². The molecule has 0 aliphatic carbocycles. The molecule has 0 radical (unpaired) electrons. The fraction of sp³-hybridized carbons (Fsp3) is 0.375. The third-order valence-electron chi connectivity index (χ3n) is 4.05.